The first-order valence-corrected chi connectivity index (χ1v) is 5.95. The number of ether oxygens (including phenoxy) is 1. The van der Waals surface area contributed by atoms with E-state index in [0.29, 0.717) is 18.7 Å². The molecule has 0 amide bonds. The molecule has 4 nitrogen and oxygen atoms in total. The average Bonchev–Trinajstić information content (AvgIpc) is 2.37. The van der Waals surface area contributed by atoms with Crippen LogP contribution in [0.4, 0.5) is 4.39 Å². The number of hydrogen-bond donors (Lipinski definition) is 0. The van der Waals surface area contributed by atoms with Gasteiger partial charge >= 0.3 is 0 Å². The van der Waals surface area contributed by atoms with Crippen molar-refractivity contribution in [3.63, 3.8) is 0 Å². The van der Waals surface area contributed by atoms with Crippen molar-refractivity contribution in [2.45, 2.75) is 12.8 Å². The number of pyridine rings is 1. The van der Waals surface area contributed by atoms with Crippen LogP contribution in [0, 0.1) is 5.82 Å². The van der Waals surface area contributed by atoms with Crippen molar-refractivity contribution in [3.05, 3.63) is 29.8 Å². The number of rotatable bonds is 8. The minimum absolute atomic E-state index is 0.0615. The van der Waals surface area contributed by atoms with E-state index in [9.17, 15) is 9.18 Å². The minimum atomic E-state index is -0.428. The first kappa shape index (κ1) is 14.7. The van der Waals surface area contributed by atoms with Crippen molar-refractivity contribution in [2.24, 2.45) is 0 Å². The molecule has 0 aromatic carbocycles. The van der Waals surface area contributed by atoms with Crippen LogP contribution in [0.2, 0.25) is 0 Å². The van der Waals surface area contributed by atoms with Gasteiger partial charge in [0.2, 0.25) is 0 Å². The molecule has 0 N–H and O–H groups in total. The highest BCUT2D eigenvalue weighted by atomic mass is 19.1. The zero-order valence-electron chi connectivity index (χ0n) is 10.9. The van der Waals surface area contributed by atoms with E-state index in [4.69, 9.17) is 4.74 Å². The first-order chi connectivity index (χ1) is 8.63. The lowest BCUT2D eigenvalue weighted by molar-refractivity contribution is 0.0962. The van der Waals surface area contributed by atoms with E-state index in [1.807, 2.05) is 7.05 Å². The van der Waals surface area contributed by atoms with Gasteiger partial charge in [0.05, 0.1) is 6.20 Å². The summed E-state index contributed by atoms with van der Waals surface area (Å²) in [6.07, 6.45) is 2.40. The molecule has 0 spiro atoms. The Morgan fingerprint density at radius 1 is 1.44 bits per heavy atom. The standard InChI is InChI=1S/C13H19FN2O2/c1-16(7-3-9-18-2)8-6-13(17)12-5-4-11(14)10-15-12/h4-5,10H,3,6-9H2,1-2H3. The molecule has 18 heavy (non-hydrogen) atoms. The molecule has 1 aromatic rings. The summed E-state index contributed by atoms with van der Waals surface area (Å²) in [6.45, 7) is 2.28. The topological polar surface area (TPSA) is 42.4 Å². The molecule has 0 aliphatic carbocycles. The van der Waals surface area contributed by atoms with Gasteiger partial charge < -0.3 is 9.64 Å². The highest BCUT2D eigenvalue weighted by Gasteiger charge is 2.08. The van der Waals surface area contributed by atoms with Gasteiger partial charge in [-0.25, -0.2) is 4.39 Å². The maximum absolute atomic E-state index is 12.6. The fourth-order valence-electron chi connectivity index (χ4n) is 1.55. The molecule has 0 unspecified atom stereocenters. The van der Waals surface area contributed by atoms with E-state index in [1.165, 1.54) is 12.1 Å². The van der Waals surface area contributed by atoms with E-state index in [1.54, 1.807) is 7.11 Å². The zero-order chi connectivity index (χ0) is 13.4. The van der Waals surface area contributed by atoms with E-state index in [-0.39, 0.29) is 5.78 Å². The zero-order valence-corrected chi connectivity index (χ0v) is 10.9. The second-order valence-corrected chi connectivity index (χ2v) is 4.18. The van der Waals surface area contributed by atoms with Gasteiger partial charge in [0, 0.05) is 33.2 Å². The number of aromatic nitrogens is 1. The summed E-state index contributed by atoms with van der Waals surface area (Å²) in [6, 6.07) is 2.67. The lowest BCUT2D eigenvalue weighted by atomic mass is 10.2. The number of halogens is 1. The molecule has 5 heteroatoms. The Balaban J connectivity index is 2.30. The highest BCUT2D eigenvalue weighted by molar-refractivity contribution is 5.94. The number of hydrogen-bond acceptors (Lipinski definition) is 4. The second kappa shape index (κ2) is 7.89. The summed E-state index contributed by atoms with van der Waals surface area (Å²) >= 11 is 0. The van der Waals surface area contributed by atoms with Crippen LogP contribution in [0.15, 0.2) is 18.3 Å². The van der Waals surface area contributed by atoms with Crippen LogP contribution in [0.3, 0.4) is 0 Å². The predicted octanol–water partition coefficient (Wildman–Crippen LogP) is 1.76. The minimum Gasteiger partial charge on any atom is -0.385 e. The van der Waals surface area contributed by atoms with Crippen LogP contribution in [-0.2, 0) is 4.74 Å². The maximum Gasteiger partial charge on any atom is 0.182 e. The van der Waals surface area contributed by atoms with Crippen LogP contribution >= 0.6 is 0 Å². The summed E-state index contributed by atoms with van der Waals surface area (Å²) < 4.78 is 17.6. The van der Waals surface area contributed by atoms with Crippen LogP contribution in [0.25, 0.3) is 0 Å². The summed E-state index contributed by atoms with van der Waals surface area (Å²) in [7, 11) is 3.63. The van der Waals surface area contributed by atoms with Gasteiger partial charge in [0.1, 0.15) is 11.5 Å². The molecular formula is C13H19FN2O2. The number of Topliss-reactive ketones (excluding diaryl/α,β-unsaturated/α-hetero) is 1. The third-order valence-electron chi connectivity index (χ3n) is 2.62. The molecule has 0 aliphatic rings. The molecule has 0 radical (unpaired) electrons. The monoisotopic (exact) mass is 254 g/mol. The number of nitrogens with zero attached hydrogens (tertiary/aromatic N) is 2. The van der Waals surface area contributed by atoms with E-state index >= 15 is 0 Å². The molecule has 0 atom stereocenters. The molecule has 0 saturated heterocycles. The Kier molecular flexibility index (Phi) is 6.46. The molecule has 0 bridgehead atoms. The second-order valence-electron chi connectivity index (χ2n) is 4.18. The molecule has 1 heterocycles. The van der Waals surface area contributed by atoms with E-state index in [0.717, 1.165) is 25.8 Å². The number of methoxy groups -OCH3 is 1. The van der Waals surface area contributed by atoms with E-state index in [2.05, 4.69) is 9.88 Å². The molecule has 100 valence electrons. The number of carbonyl (C=O) groups excluding carboxylic acids is 1. The molecular weight excluding hydrogens is 235 g/mol. The highest BCUT2D eigenvalue weighted by Crippen LogP contribution is 2.03. The molecule has 0 fully saturated rings. The van der Waals surface area contributed by atoms with Crippen molar-refractivity contribution >= 4 is 5.78 Å². The third-order valence-corrected chi connectivity index (χ3v) is 2.62. The largest absolute Gasteiger partial charge is 0.385 e. The number of carbonyl (C=O) groups is 1. The number of ketones is 1. The van der Waals surface area contributed by atoms with Crippen LogP contribution in [0.5, 0.6) is 0 Å². The molecule has 0 aliphatic heterocycles. The summed E-state index contributed by atoms with van der Waals surface area (Å²) in [4.78, 5) is 17.6. The molecule has 1 rings (SSSR count). The fourth-order valence-corrected chi connectivity index (χ4v) is 1.55. The molecule has 1 aromatic heterocycles. The predicted molar refractivity (Wildman–Crippen MR) is 67.1 cm³/mol. The van der Waals surface area contributed by atoms with Gasteiger partial charge in [-0.05, 0) is 25.6 Å². The van der Waals surface area contributed by atoms with Gasteiger partial charge in [0.25, 0.3) is 0 Å². The summed E-state index contributed by atoms with van der Waals surface area (Å²) in [5.41, 5.74) is 0.321. The lowest BCUT2D eigenvalue weighted by Crippen LogP contribution is -2.24. The van der Waals surface area contributed by atoms with Crippen molar-refractivity contribution in [2.75, 3.05) is 33.9 Å². The van der Waals surface area contributed by atoms with Crippen LogP contribution < -0.4 is 0 Å². The SMILES string of the molecule is COCCCN(C)CCC(=O)c1ccc(F)cn1. The van der Waals surface area contributed by atoms with Crippen molar-refractivity contribution < 1.29 is 13.9 Å². The fraction of sp³-hybridized carbons (Fsp3) is 0.538. The Hall–Kier alpha value is -1.33. The summed E-state index contributed by atoms with van der Waals surface area (Å²) in [5, 5.41) is 0. The summed E-state index contributed by atoms with van der Waals surface area (Å²) in [5.74, 6) is -0.489. The maximum atomic E-state index is 12.6. The van der Waals surface area contributed by atoms with Gasteiger partial charge in [-0.3, -0.25) is 9.78 Å². The Labute approximate surface area is 107 Å². The van der Waals surface area contributed by atoms with Crippen molar-refractivity contribution in [1.29, 1.82) is 0 Å². The third kappa shape index (κ3) is 5.33. The van der Waals surface area contributed by atoms with Crippen LogP contribution in [0.1, 0.15) is 23.3 Å². The van der Waals surface area contributed by atoms with Gasteiger partial charge in [-0.15, -0.1) is 0 Å². The van der Waals surface area contributed by atoms with Gasteiger partial charge in [-0.2, -0.15) is 0 Å². The van der Waals surface area contributed by atoms with Crippen LogP contribution in [-0.4, -0.2) is 49.5 Å². The van der Waals surface area contributed by atoms with Crippen molar-refractivity contribution in [1.82, 2.24) is 9.88 Å². The Bertz CT molecular complexity index is 368. The average molecular weight is 254 g/mol. The quantitative estimate of drug-likeness (QED) is 0.523. The van der Waals surface area contributed by atoms with E-state index < -0.39 is 5.82 Å². The van der Waals surface area contributed by atoms with Gasteiger partial charge in [0.15, 0.2) is 5.78 Å². The smallest absolute Gasteiger partial charge is 0.182 e. The first-order valence-electron chi connectivity index (χ1n) is 5.95. The Morgan fingerprint density at radius 3 is 2.83 bits per heavy atom. The molecule has 0 saturated carbocycles. The Morgan fingerprint density at radius 2 is 2.22 bits per heavy atom. The van der Waals surface area contributed by atoms with Crippen molar-refractivity contribution in [3.8, 4) is 0 Å². The normalized spacial score (nSPS) is 10.9. The van der Waals surface area contributed by atoms with Gasteiger partial charge in [-0.1, -0.05) is 0 Å². The lowest BCUT2D eigenvalue weighted by Gasteiger charge is -2.15.